The van der Waals surface area contributed by atoms with E-state index >= 15 is 0 Å². The van der Waals surface area contributed by atoms with Crippen LogP contribution in [-0.4, -0.2) is 86.2 Å². The third kappa shape index (κ3) is 5.42. The van der Waals surface area contributed by atoms with Gasteiger partial charge in [0.2, 0.25) is 0 Å². The Labute approximate surface area is 183 Å². The number of hydrogen-bond donors (Lipinski definition) is 0. The lowest BCUT2D eigenvalue weighted by molar-refractivity contribution is -0.0498. The third-order valence-electron chi connectivity index (χ3n) is 6.03. The van der Waals surface area contributed by atoms with Crippen molar-refractivity contribution in [3.8, 4) is 5.75 Å². The fourth-order valence-electron chi connectivity index (χ4n) is 4.34. The van der Waals surface area contributed by atoms with Crippen molar-refractivity contribution >= 4 is 5.91 Å². The molecule has 31 heavy (non-hydrogen) atoms. The van der Waals surface area contributed by atoms with Crippen molar-refractivity contribution in [3.05, 3.63) is 65.5 Å². The number of morpholine rings is 1. The predicted molar refractivity (Wildman–Crippen MR) is 117 cm³/mol. The van der Waals surface area contributed by atoms with Crippen LogP contribution in [0.15, 0.2) is 48.5 Å². The summed E-state index contributed by atoms with van der Waals surface area (Å²) in [6.07, 6.45) is 0.136. The lowest BCUT2D eigenvalue weighted by Gasteiger charge is -2.39. The largest absolute Gasteiger partial charge is 0.496 e. The standard InChI is InChI=1S/C24H30FN3O3/c1-30-23-9-5-2-6-19(23)16-27-14-15-31-20(18-27)17-26-10-12-28(13-11-26)24(29)21-7-3-4-8-22(21)25/h2-9,20H,10-18H2,1H3. The molecule has 2 aliphatic rings. The summed E-state index contributed by atoms with van der Waals surface area (Å²) in [5, 5.41) is 0. The molecule has 2 aromatic rings. The maximum Gasteiger partial charge on any atom is 0.256 e. The number of rotatable bonds is 6. The fourth-order valence-corrected chi connectivity index (χ4v) is 4.34. The summed E-state index contributed by atoms with van der Waals surface area (Å²) < 4.78 is 25.4. The fraction of sp³-hybridized carbons (Fsp3) is 0.458. The molecule has 166 valence electrons. The first-order valence-electron chi connectivity index (χ1n) is 10.9. The summed E-state index contributed by atoms with van der Waals surface area (Å²) in [4.78, 5) is 19.1. The minimum Gasteiger partial charge on any atom is -0.496 e. The van der Waals surface area contributed by atoms with Gasteiger partial charge >= 0.3 is 0 Å². The van der Waals surface area contributed by atoms with Crippen LogP contribution in [-0.2, 0) is 11.3 Å². The second-order valence-corrected chi connectivity index (χ2v) is 8.11. The van der Waals surface area contributed by atoms with Gasteiger partial charge in [-0.3, -0.25) is 14.6 Å². The molecule has 0 aromatic heterocycles. The molecule has 2 heterocycles. The number of piperazine rings is 1. The maximum absolute atomic E-state index is 13.9. The zero-order valence-corrected chi connectivity index (χ0v) is 18.0. The van der Waals surface area contributed by atoms with Gasteiger partial charge in [-0.25, -0.2) is 4.39 Å². The molecule has 7 heteroatoms. The minimum atomic E-state index is -0.458. The van der Waals surface area contributed by atoms with E-state index in [0.29, 0.717) is 19.7 Å². The Balaban J connectivity index is 1.26. The van der Waals surface area contributed by atoms with Crippen LogP contribution in [0.2, 0.25) is 0 Å². The Morgan fingerprint density at radius 1 is 1.03 bits per heavy atom. The van der Waals surface area contributed by atoms with Crippen molar-refractivity contribution in [2.45, 2.75) is 12.6 Å². The molecule has 0 N–H and O–H groups in total. The number of carbonyl (C=O) groups excluding carboxylic acids is 1. The average Bonchev–Trinajstić information content (AvgIpc) is 2.80. The van der Waals surface area contributed by atoms with Gasteiger partial charge in [-0.2, -0.15) is 0 Å². The number of para-hydroxylation sites is 1. The van der Waals surface area contributed by atoms with Crippen LogP contribution in [0, 0.1) is 5.82 Å². The molecule has 2 aromatic carbocycles. The van der Waals surface area contributed by atoms with Crippen molar-refractivity contribution in [2.24, 2.45) is 0 Å². The lowest BCUT2D eigenvalue weighted by atomic mass is 10.1. The third-order valence-corrected chi connectivity index (χ3v) is 6.03. The first-order chi connectivity index (χ1) is 15.1. The summed E-state index contributed by atoms with van der Waals surface area (Å²) in [7, 11) is 1.71. The van der Waals surface area contributed by atoms with Gasteiger partial charge in [-0.15, -0.1) is 0 Å². The predicted octanol–water partition coefficient (Wildman–Crippen LogP) is 2.49. The van der Waals surface area contributed by atoms with Crippen LogP contribution in [0.25, 0.3) is 0 Å². The van der Waals surface area contributed by atoms with Crippen molar-refractivity contribution < 1.29 is 18.7 Å². The number of halogens is 1. The van der Waals surface area contributed by atoms with Gasteiger partial charge in [0.05, 0.1) is 25.4 Å². The molecule has 2 aliphatic heterocycles. The molecule has 0 spiro atoms. The van der Waals surface area contributed by atoms with Crippen LogP contribution in [0.4, 0.5) is 4.39 Å². The summed E-state index contributed by atoms with van der Waals surface area (Å²) in [6.45, 7) is 6.91. The Morgan fingerprint density at radius 2 is 1.77 bits per heavy atom. The minimum absolute atomic E-state index is 0.136. The second-order valence-electron chi connectivity index (χ2n) is 8.11. The molecule has 2 saturated heterocycles. The maximum atomic E-state index is 13.9. The first-order valence-corrected chi connectivity index (χ1v) is 10.9. The Morgan fingerprint density at radius 3 is 2.55 bits per heavy atom. The van der Waals surface area contributed by atoms with Gasteiger partial charge in [0.15, 0.2) is 0 Å². The van der Waals surface area contributed by atoms with Gasteiger partial charge in [-0.05, 0) is 18.2 Å². The molecule has 0 radical (unpaired) electrons. The Bertz CT molecular complexity index is 886. The highest BCUT2D eigenvalue weighted by Crippen LogP contribution is 2.21. The molecule has 0 aliphatic carbocycles. The molecular weight excluding hydrogens is 397 g/mol. The van der Waals surface area contributed by atoms with Crippen molar-refractivity contribution in [1.82, 2.24) is 14.7 Å². The number of nitrogens with zero attached hydrogens (tertiary/aromatic N) is 3. The van der Waals surface area contributed by atoms with E-state index in [1.54, 1.807) is 30.2 Å². The van der Waals surface area contributed by atoms with Gasteiger partial charge in [0, 0.05) is 57.9 Å². The number of benzene rings is 2. The normalized spacial score (nSPS) is 20.6. The van der Waals surface area contributed by atoms with E-state index in [-0.39, 0.29) is 17.6 Å². The molecule has 1 atom stereocenters. The number of hydrogen-bond acceptors (Lipinski definition) is 5. The van der Waals surface area contributed by atoms with Crippen molar-refractivity contribution in [1.29, 1.82) is 0 Å². The summed E-state index contributed by atoms with van der Waals surface area (Å²) in [6, 6.07) is 14.3. The van der Waals surface area contributed by atoms with E-state index in [1.807, 2.05) is 18.2 Å². The molecule has 0 bridgehead atoms. The highest BCUT2D eigenvalue weighted by atomic mass is 19.1. The average molecular weight is 428 g/mol. The smallest absolute Gasteiger partial charge is 0.256 e. The van der Waals surface area contributed by atoms with E-state index < -0.39 is 5.82 Å². The lowest BCUT2D eigenvalue weighted by Crippen LogP contribution is -2.53. The Kier molecular flexibility index (Phi) is 7.17. The van der Waals surface area contributed by atoms with Crippen LogP contribution >= 0.6 is 0 Å². The summed E-state index contributed by atoms with van der Waals surface area (Å²) in [5.41, 5.74) is 1.34. The van der Waals surface area contributed by atoms with Gasteiger partial charge in [0.25, 0.3) is 5.91 Å². The summed E-state index contributed by atoms with van der Waals surface area (Å²) >= 11 is 0. The van der Waals surface area contributed by atoms with Crippen LogP contribution in [0.5, 0.6) is 5.75 Å². The van der Waals surface area contributed by atoms with Gasteiger partial charge in [-0.1, -0.05) is 30.3 Å². The van der Waals surface area contributed by atoms with Crippen LogP contribution in [0.3, 0.4) is 0 Å². The molecule has 1 unspecified atom stereocenters. The molecule has 6 nitrogen and oxygen atoms in total. The van der Waals surface area contributed by atoms with E-state index in [9.17, 15) is 9.18 Å². The highest BCUT2D eigenvalue weighted by Gasteiger charge is 2.27. The zero-order valence-electron chi connectivity index (χ0n) is 18.0. The molecule has 2 fully saturated rings. The topological polar surface area (TPSA) is 45.3 Å². The molecule has 1 amide bonds. The molecular formula is C24H30FN3O3. The quantitative estimate of drug-likeness (QED) is 0.709. The van der Waals surface area contributed by atoms with E-state index in [0.717, 1.165) is 45.0 Å². The van der Waals surface area contributed by atoms with Crippen molar-refractivity contribution in [2.75, 3.05) is 59.5 Å². The van der Waals surface area contributed by atoms with Crippen LogP contribution < -0.4 is 4.74 Å². The van der Waals surface area contributed by atoms with E-state index in [1.165, 1.54) is 11.6 Å². The number of carbonyl (C=O) groups is 1. The number of ether oxygens (including phenoxy) is 2. The molecule has 0 saturated carbocycles. The highest BCUT2D eigenvalue weighted by molar-refractivity contribution is 5.94. The zero-order chi connectivity index (χ0) is 21.6. The second kappa shape index (κ2) is 10.2. The number of methoxy groups -OCH3 is 1. The first kappa shape index (κ1) is 21.7. The Hall–Kier alpha value is -2.48. The molecule has 4 rings (SSSR count). The number of amides is 1. The van der Waals surface area contributed by atoms with Crippen LogP contribution in [0.1, 0.15) is 15.9 Å². The monoisotopic (exact) mass is 427 g/mol. The summed E-state index contributed by atoms with van der Waals surface area (Å²) in [5.74, 6) is 0.233. The van der Waals surface area contributed by atoms with E-state index in [4.69, 9.17) is 9.47 Å². The SMILES string of the molecule is COc1ccccc1CN1CCOC(CN2CCN(C(=O)c3ccccc3F)CC2)C1. The van der Waals surface area contributed by atoms with Crippen molar-refractivity contribution in [3.63, 3.8) is 0 Å². The van der Waals surface area contributed by atoms with E-state index in [2.05, 4.69) is 15.9 Å². The van der Waals surface area contributed by atoms with Gasteiger partial charge < -0.3 is 14.4 Å². The van der Waals surface area contributed by atoms with Gasteiger partial charge in [0.1, 0.15) is 11.6 Å².